The van der Waals surface area contributed by atoms with E-state index in [9.17, 15) is 9.59 Å². The van der Waals surface area contributed by atoms with E-state index >= 15 is 0 Å². The summed E-state index contributed by atoms with van der Waals surface area (Å²) in [5, 5.41) is 3.40. The number of carbonyl (C=O) groups is 2. The van der Waals surface area contributed by atoms with E-state index < -0.39 is 5.97 Å². The third kappa shape index (κ3) is 6.70. The minimum Gasteiger partial charge on any atom is -0.494 e. The smallest absolute Gasteiger partial charge is 0.341 e. The van der Waals surface area contributed by atoms with Crippen LogP contribution in [0.2, 0.25) is 0 Å². The highest BCUT2D eigenvalue weighted by molar-refractivity contribution is 7.20. The van der Waals surface area contributed by atoms with E-state index in [0.717, 1.165) is 22.6 Å². The maximum Gasteiger partial charge on any atom is 0.341 e. The SMILES string of the molecule is CCOC(=O)c1cc(-c2ccccc2)sc1NC(=O)CCCOc1ccc(C(C)(C)CC)cc1. The molecule has 2 aromatic carbocycles. The summed E-state index contributed by atoms with van der Waals surface area (Å²) in [5.41, 5.74) is 2.79. The van der Waals surface area contributed by atoms with Crippen LogP contribution in [0.1, 0.15) is 62.9 Å². The highest BCUT2D eigenvalue weighted by Crippen LogP contribution is 2.36. The van der Waals surface area contributed by atoms with Gasteiger partial charge in [0.25, 0.3) is 0 Å². The van der Waals surface area contributed by atoms with Crippen LogP contribution in [0.3, 0.4) is 0 Å². The number of benzene rings is 2. The molecule has 0 fully saturated rings. The van der Waals surface area contributed by atoms with Gasteiger partial charge in [-0.05, 0) is 54.5 Å². The lowest BCUT2D eigenvalue weighted by atomic mass is 9.82. The molecule has 0 aliphatic heterocycles. The van der Waals surface area contributed by atoms with Crippen molar-refractivity contribution in [2.24, 2.45) is 0 Å². The number of rotatable bonds is 11. The van der Waals surface area contributed by atoms with E-state index in [1.54, 1.807) is 13.0 Å². The molecule has 0 atom stereocenters. The van der Waals surface area contributed by atoms with Crippen molar-refractivity contribution in [1.29, 1.82) is 0 Å². The lowest BCUT2D eigenvalue weighted by molar-refractivity contribution is -0.116. The van der Waals surface area contributed by atoms with Crippen molar-refractivity contribution in [2.45, 2.75) is 52.4 Å². The number of esters is 1. The van der Waals surface area contributed by atoms with E-state index in [1.165, 1.54) is 16.9 Å². The van der Waals surface area contributed by atoms with Gasteiger partial charge in [-0.3, -0.25) is 4.79 Å². The van der Waals surface area contributed by atoms with Crippen LogP contribution in [-0.2, 0) is 14.9 Å². The summed E-state index contributed by atoms with van der Waals surface area (Å²) in [6, 6.07) is 19.7. The van der Waals surface area contributed by atoms with E-state index in [1.807, 2.05) is 42.5 Å². The molecule has 0 saturated carbocycles. The lowest BCUT2D eigenvalue weighted by Crippen LogP contribution is -2.15. The molecule has 0 spiro atoms. The normalized spacial score (nSPS) is 11.2. The van der Waals surface area contributed by atoms with Gasteiger partial charge >= 0.3 is 5.97 Å². The number of amides is 1. The van der Waals surface area contributed by atoms with Crippen LogP contribution < -0.4 is 10.1 Å². The zero-order valence-corrected chi connectivity index (χ0v) is 21.2. The van der Waals surface area contributed by atoms with Crippen molar-refractivity contribution in [2.75, 3.05) is 18.5 Å². The van der Waals surface area contributed by atoms with Crippen LogP contribution >= 0.6 is 11.3 Å². The second-order valence-electron chi connectivity index (χ2n) is 8.70. The summed E-state index contributed by atoms with van der Waals surface area (Å²) in [7, 11) is 0. The number of anilines is 1. The van der Waals surface area contributed by atoms with E-state index in [4.69, 9.17) is 9.47 Å². The van der Waals surface area contributed by atoms with Crippen LogP contribution in [0.25, 0.3) is 10.4 Å². The Bertz CT molecular complexity index is 1090. The number of thiophene rings is 1. The highest BCUT2D eigenvalue weighted by atomic mass is 32.1. The van der Waals surface area contributed by atoms with Crippen LogP contribution in [0, 0.1) is 0 Å². The molecule has 1 N–H and O–H groups in total. The van der Waals surface area contributed by atoms with Gasteiger partial charge < -0.3 is 14.8 Å². The Morgan fingerprint density at radius 3 is 2.35 bits per heavy atom. The molecule has 34 heavy (non-hydrogen) atoms. The Balaban J connectivity index is 1.56. The molecular formula is C28H33NO4S. The minimum atomic E-state index is -0.436. The van der Waals surface area contributed by atoms with E-state index in [2.05, 4.69) is 38.2 Å². The Morgan fingerprint density at radius 2 is 1.71 bits per heavy atom. The Morgan fingerprint density at radius 1 is 1.00 bits per heavy atom. The molecule has 0 bridgehead atoms. The molecule has 1 aromatic heterocycles. The average Bonchev–Trinajstić information content (AvgIpc) is 3.26. The molecule has 3 rings (SSSR count). The number of nitrogens with one attached hydrogen (secondary N) is 1. The first-order valence-corrected chi connectivity index (χ1v) is 12.5. The van der Waals surface area contributed by atoms with Gasteiger partial charge in [0, 0.05) is 11.3 Å². The summed E-state index contributed by atoms with van der Waals surface area (Å²) in [4.78, 5) is 25.9. The van der Waals surface area contributed by atoms with Crippen molar-refractivity contribution >= 4 is 28.2 Å². The molecule has 0 radical (unpaired) electrons. The molecule has 1 heterocycles. The number of carbonyl (C=O) groups excluding carboxylic acids is 2. The molecule has 180 valence electrons. The largest absolute Gasteiger partial charge is 0.494 e. The van der Waals surface area contributed by atoms with Gasteiger partial charge in [-0.15, -0.1) is 11.3 Å². The van der Waals surface area contributed by atoms with Crippen LogP contribution in [0.4, 0.5) is 5.00 Å². The summed E-state index contributed by atoms with van der Waals surface area (Å²) in [5.74, 6) is 0.205. The fourth-order valence-electron chi connectivity index (χ4n) is 3.41. The third-order valence-electron chi connectivity index (χ3n) is 5.88. The average molecular weight is 480 g/mol. The van der Waals surface area contributed by atoms with Crippen molar-refractivity contribution < 1.29 is 19.1 Å². The van der Waals surface area contributed by atoms with Crippen molar-refractivity contribution in [3.63, 3.8) is 0 Å². The van der Waals surface area contributed by atoms with E-state index in [-0.39, 0.29) is 17.9 Å². The number of ether oxygens (including phenoxy) is 2. The van der Waals surface area contributed by atoms with Gasteiger partial charge in [0.15, 0.2) is 0 Å². The summed E-state index contributed by atoms with van der Waals surface area (Å²) < 4.78 is 11.0. The fraction of sp³-hybridized carbons (Fsp3) is 0.357. The first-order valence-electron chi connectivity index (χ1n) is 11.7. The molecule has 0 saturated heterocycles. The Hall–Kier alpha value is -3.12. The Kier molecular flexibility index (Phi) is 8.88. The third-order valence-corrected chi connectivity index (χ3v) is 6.97. The summed E-state index contributed by atoms with van der Waals surface area (Å²) in [6.45, 7) is 9.12. The molecule has 1 amide bonds. The monoisotopic (exact) mass is 479 g/mol. The van der Waals surface area contributed by atoms with Crippen LogP contribution in [-0.4, -0.2) is 25.1 Å². The van der Waals surface area contributed by atoms with Crippen molar-refractivity contribution in [3.05, 3.63) is 71.8 Å². The first-order chi connectivity index (χ1) is 16.3. The maximum atomic E-state index is 12.6. The highest BCUT2D eigenvalue weighted by Gasteiger charge is 2.20. The predicted molar refractivity (Wildman–Crippen MR) is 139 cm³/mol. The first kappa shape index (κ1) is 25.5. The topological polar surface area (TPSA) is 64.6 Å². The summed E-state index contributed by atoms with van der Waals surface area (Å²) >= 11 is 1.37. The van der Waals surface area contributed by atoms with Gasteiger partial charge in [0.05, 0.1) is 18.8 Å². The quantitative estimate of drug-likeness (QED) is 0.236. The minimum absolute atomic E-state index is 0.140. The zero-order valence-electron chi connectivity index (χ0n) is 20.4. The van der Waals surface area contributed by atoms with Crippen LogP contribution in [0.5, 0.6) is 5.75 Å². The predicted octanol–water partition coefficient (Wildman–Crippen LogP) is 7.08. The van der Waals surface area contributed by atoms with E-state index in [0.29, 0.717) is 30.0 Å². The number of hydrogen-bond donors (Lipinski definition) is 1. The molecule has 0 unspecified atom stereocenters. The van der Waals surface area contributed by atoms with Gasteiger partial charge in [0.2, 0.25) is 5.91 Å². The molecule has 5 nitrogen and oxygen atoms in total. The van der Waals surface area contributed by atoms with Crippen molar-refractivity contribution in [3.8, 4) is 16.2 Å². The second-order valence-corrected chi connectivity index (χ2v) is 9.75. The van der Waals surface area contributed by atoms with Crippen molar-refractivity contribution in [1.82, 2.24) is 0 Å². The van der Waals surface area contributed by atoms with Gasteiger partial charge in [0.1, 0.15) is 10.8 Å². The van der Waals surface area contributed by atoms with Gasteiger partial charge in [-0.1, -0.05) is 63.2 Å². The lowest BCUT2D eigenvalue weighted by Gasteiger charge is -2.23. The second kappa shape index (κ2) is 11.8. The summed E-state index contributed by atoms with van der Waals surface area (Å²) in [6.07, 6.45) is 1.93. The fourth-order valence-corrected chi connectivity index (χ4v) is 4.48. The molecule has 0 aliphatic rings. The zero-order chi connectivity index (χ0) is 24.6. The number of hydrogen-bond acceptors (Lipinski definition) is 5. The molecule has 3 aromatic rings. The van der Waals surface area contributed by atoms with Crippen LogP contribution in [0.15, 0.2) is 60.7 Å². The van der Waals surface area contributed by atoms with Gasteiger partial charge in [-0.25, -0.2) is 4.79 Å². The Labute approximate surface area is 206 Å². The standard InChI is InChI=1S/C28H33NO4S/c1-5-28(3,4)21-14-16-22(17-15-21)33-18-10-13-25(30)29-26-23(27(31)32-6-2)19-24(34-26)20-11-8-7-9-12-20/h7-9,11-12,14-17,19H,5-6,10,13,18H2,1-4H3,(H,29,30). The molecule has 0 aliphatic carbocycles. The molecule has 6 heteroatoms. The maximum absolute atomic E-state index is 12.6. The van der Waals surface area contributed by atoms with Gasteiger partial charge in [-0.2, -0.15) is 0 Å². The molecular weight excluding hydrogens is 446 g/mol.